The molecule has 1 aromatic rings. The van der Waals surface area contributed by atoms with Crippen LogP contribution in [0.2, 0.25) is 5.28 Å². The van der Waals surface area contributed by atoms with Crippen LogP contribution in [0.5, 0.6) is 0 Å². The van der Waals surface area contributed by atoms with Gasteiger partial charge >= 0.3 is 68.1 Å². The predicted octanol–water partition coefficient (Wildman–Crippen LogP) is -0.958. The molecule has 8 heteroatoms. The molecule has 0 atom stereocenters. The fourth-order valence-corrected chi connectivity index (χ4v) is 0.987. The molecular formula is C3H2ClN4O2Ti. The standard InChI is InChI=1S/C3H2ClN4.2O.Ti/c4-2-6-1-7-3(5)8-2;;;/h(H2,5,6,7,8);;;/q;2*-2;+4. The minimum Gasteiger partial charge on any atom is -2.00 e. The third-order valence-electron chi connectivity index (χ3n) is 0.625. The van der Waals surface area contributed by atoms with E-state index in [4.69, 9.17) is 17.3 Å². The Kier molecular flexibility index (Phi) is 6.54. The molecule has 0 aliphatic carbocycles. The van der Waals surface area contributed by atoms with E-state index in [1.165, 1.54) is 0 Å². The Morgan fingerprint density at radius 2 is 1.73 bits per heavy atom. The Labute approximate surface area is 79.2 Å². The van der Waals surface area contributed by atoms with Crippen molar-refractivity contribution in [1.29, 1.82) is 0 Å². The molecule has 1 heterocycles. The molecule has 0 amide bonds. The van der Waals surface area contributed by atoms with E-state index in [-0.39, 0.29) is 22.2 Å². The van der Waals surface area contributed by atoms with Gasteiger partial charge in [0.25, 0.3) is 0 Å². The molecule has 0 saturated heterocycles. The number of rotatable bonds is 0. The molecule has 0 spiro atoms. The molecule has 2 N–H and O–H groups in total. The fourth-order valence-electron chi connectivity index (χ4n) is 0.365. The van der Waals surface area contributed by atoms with Crippen molar-refractivity contribution < 1.29 is 31.4 Å². The van der Waals surface area contributed by atoms with Crippen molar-refractivity contribution in [3.8, 4) is 0 Å². The summed E-state index contributed by atoms with van der Waals surface area (Å²) in [6, 6.07) is 0. The van der Waals surface area contributed by atoms with Crippen molar-refractivity contribution in [3.05, 3.63) is 5.28 Å². The van der Waals surface area contributed by atoms with E-state index in [0.717, 1.165) is 0 Å². The van der Waals surface area contributed by atoms with Crippen LogP contribution < -0.4 is 9.86 Å². The van der Waals surface area contributed by atoms with Crippen LogP contribution in [-0.4, -0.2) is 15.0 Å². The summed E-state index contributed by atoms with van der Waals surface area (Å²) >= 11 is 7.11. The zero-order valence-electron chi connectivity index (χ0n) is 5.11. The first-order valence-electron chi connectivity index (χ1n) is 2.07. The summed E-state index contributed by atoms with van der Waals surface area (Å²) < 4.78 is 0.535. The van der Waals surface area contributed by atoms with Gasteiger partial charge in [0.1, 0.15) is 0 Å². The second-order valence-corrected chi connectivity index (χ2v) is 2.32. The molecule has 0 fully saturated rings. The zero-order chi connectivity index (χ0) is 6.85. The topological polar surface area (TPSA) is 122 Å². The van der Waals surface area contributed by atoms with Crippen LogP contribution in [0.4, 0.5) is 5.95 Å². The molecule has 0 saturated carbocycles. The summed E-state index contributed by atoms with van der Waals surface area (Å²) in [6.45, 7) is 0. The van der Waals surface area contributed by atoms with Gasteiger partial charge in [-0.05, 0) is 0 Å². The van der Waals surface area contributed by atoms with Gasteiger partial charge in [0.2, 0.25) is 0 Å². The second kappa shape index (κ2) is 5.39. The van der Waals surface area contributed by atoms with Crippen LogP contribution in [-0.2, 0) is 31.4 Å². The van der Waals surface area contributed by atoms with Crippen LogP contribution in [0.1, 0.15) is 0 Å². The van der Waals surface area contributed by atoms with E-state index >= 15 is 0 Å². The maximum Gasteiger partial charge on any atom is -2.00 e. The smallest absolute Gasteiger partial charge is 2.00 e. The summed E-state index contributed by atoms with van der Waals surface area (Å²) in [5.74, 6) is 0.160. The number of nitrogen functional groups attached to an aromatic ring is 1. The van der Waals surface area contributed by atoms with Crippen molar-refractivity contribution in [3.63, 3.8) is 0 Å². The molecule has 1 aromatic heterocycles. The van der Waals surface area contributed by atoms with E-state index in [0.29, 0.717) is 4.13 Å². The van der Waals surface area contributed by atoms with Crippen molar-refractivity contribution >= 4 is 21.7 Å². The van der Waals surface area contributed by atoms with Gasteiger partial charge < -0.3 is 11.0 Å². The van der Waals surface area contributed by atoms with E-state index < -0.39 is 0 Å². The van der Waals surface area contributed by atoms with Crippen molar-refractivity contribution in [2.45, 2.75) is 0 Å². The normalized spacial score (nSPS) is 7.91. The van der Waals surface area contributed by atoms with Gasteiger partial charge in [-0.1, -0.05) is 0 Å². The van der Waals surface area contributed by atoms with Crippen LogP contribution in [0.3, 0.4) is 0 Å². The summed E-state index contributed by atoms with van der Waals surface area (Å²) in [7, 11) is 0. The van der Waals surface area contributed by atoms with Gasteiger partial charge in [0.05, 0.1) is 0 Å². The van der Waals surface area contributed by atoms with Gasteiger partial charge in [0.15, 0.2) is 0 Å². The minimum absolute atomic E-state index is 0. The maximum absolute atomic E-state index is 5.41. The summed E-state index contributed by atoms with van der Waals surface area (Å²) in [5.41, 5.74) is 5.21. The third-order valence-corrected chi connectivity index (χ3v) is 1.14. The van der Waals surface area contributed by atoms with Gasteiger partial charge in [-0.25, -0.2) is 0 Å². The molecule has 0 aliphatic rings. The maximum atomic E-state index is 5.41. The Morgan fingerprint density at radius 3 is 2.09 bits per heavy atom. The predicted molar refractivity (Wildman–Crippen MR) is 30.3 cm³/mol. The van der Waals surface area contributed by atoms with Gasteiger partial charge in [0, 0.05) is 0 Å². The molecule has 0 radical (unpaired) electrons. The van der Waals surface area contributed by atoms with Gasteiger partial charge in [-0.15, -0.1) is 0 Å². The molecule has 0 bridgehead atoms. The average Bonchev–Trinajstić information content (AvgIpc) is 1.59. The molecule has 0 unspecified atom stereocenters. The van der Waals surface area contributed by atoms with Crippen molar-refractivity contribution in [2.75, 3.05) is 5.73 Å². The Hall–Kier alpha value is -0.266. The molecule has 57 valence electrons. The summed E-state index contributed by atoms with van der Waals surface area (Å²) in [4.78, 5) is 11.0. The SMILES string of the molecule is Nc1nc(Cl)n[c]([Ti+4])n1.[O-2].[O-2]. The Bertz CT molecular complexity index is 184. The van der Waals surface area contributed by atoms with Crippen molar-refractivity contribution in [1.82, 2.24) is 15.0 Å². The number of anilines is 1. The Balaban J connectivity index is 0. The van der Waals surface area contributed by atoms with Crippen LogP contribution in [0.15, 0.2) is 0 Å². The third kappa shape index (κ3) is 4.23. The number of hydrogen-bond acceptors (Lipinski definition) is 4. The van der Waals surface area contributed by atoms with Gasteiger partial charge in [-0.2, -0.15) is 0 Å². The average molecular weight is 209 g/mol. The molecule has 1 rings (SSSR count). The number of hydrogen-bond donors (Lipinski definition) is 1. The monoisotopic (exact) mass is 209 g/mol. The quantitative estimate of drug-likeness (QED) is 0.553. The first kappa shape index (κ1) is 13.3. The van der Waals surface area contributed by atoms with E-state index in [2.05, 4.69) is 15.0 Å². The molecule has 0 aromatic carbocycles. The molecule has 11 heavy (non-hydrogen) atoms. The molecule has 6 nitrogen and oxygen atoms in total. The van der Waals surface area contributed by atoms with Crippen LogP contribution in [0, 0.1) is 0 Å². The van der Waals surface area contributed by atoms with E-state index in [1.54, 1.807) is 20.4 Å². The number of nitrogens with two attached hydrogens (primary N) is 1. The molecule has 0 aliphatic heterocycles. The molecular weight excluding hydrogens is 207 g/mol. The second-order valence-electron chi connectivity index (χ2n) is 1.29. The summed E-state index contributed by atoms with van der Waals surface area (Å²) in [5, 5.41) is 0.139. The zero-order valence-corrected chi connectivity index (χ0v) is 7.43. The minimum atomic E-state index is 0. The number of aromatic nitrogens is 3. The van der Waals surface area contributed by atoms with E-state index in [9.17, 15) is 0 Å². The summed E-state index contributed by atoms with van der Waals surface area (Å²) in [6.07, 6.45) is 0. The fraction of sp³-hybridized carbons (Fsp3) is 0. The first-order valence-corrected chi connectivity index (χ1v) is 3.23. The van der Waals surface area contributed by atoms with E-state index in [1.807, 2.05) is 0 Å². The van der Waals surface area contributed by atoms with Crippen LogP contribution in [0.25, 0.3) is 0 Å². The van der Waals surface area contributed by atoms with Crippen LogP contribution >= 0.6 is 11.6 Å². The Morgan fingerprint density at radius 1 is 1.18 bits per heavy atom. The van der Waals surface area contributed by atoms with Crippen molar-refractivity contribution in [2.24, 2.45) is 0 Å². The largest absolute Gasteiger partial charge is 2.00 e. The first-order chi connectivity index (χ1) is 4.18. The number of nitrogens with zero attached hydrogens (tertiary/aromatic N) is 3. The number of halogens is 1. The van der Waals surface area contributed by atoms with Gasteiger partial charge in [-0.3, -0.25) is 0 Å².